The number of carbonyl (C=O) groups excluding carboxylic acids is 1. The molecule has 0 aliphatic carbocycles. The summed E-state index contributed by atoms with van der Waals surface area (Å²) in [5.74, 6) is -0.376. The second kappa shape index (κ2) is 7.37. The smallest absolute Gasteiger partial charge is 0.406 e. The summed E-state index contributed by atoms with van der Waals surface area (Å²) in [7, 11) is 0. The molecular weight excluding hydrogens is 402 g/mol. The van der Waals surface area contributed by atoms with Gasteiger partial charge in [0.15, 0.2) is 0 Å². The fourth-order valence-electron chi connectivity index (χ4n) is 2.92. The molecule has 1 aromatic heterocycles. The average molecular weight is 414 g/mol. The predicted molar refractivity (Wildman–Crippen MR) is 98.4 cm³/mol. The van der Waals surface area contributed by atoms with Crippen LogP contribution in [0.2, 0.25) is 10.0 Å². The second-order valence-electron chi connectivity index (χ2n) is 5.78. The molecule has 0 aliphatic heterocycles. The lowest BCUT2D eigenvalue weighted by Crippen LogP contribution is -2.17. The highest BCUT2D eigenvalue weighted by molar-refractivity contribution is 6.42. The van der Waals surface area contributed by atoms with E-state index in [2.05, 4.69) is 9.72 Å². The number of ether oxygens (including phenoxy) is 1. The first-order valence-electron chi connectivity index (χ1n) is 7.77. The molecule has 27 heavy (non-hydrogen) atoms. The highest BCUT2D eigenvalue weighted by Crippen LogP contribution is 2.38. The second-order valence-corrected chi connectivity index (χ2v) is 6.59. The first-order valence-corrected chi connectivity index (χ1v) is 8.53. The number of hydrogen-bond donors (Lipinski definition) is 0. The summed E-state index contributed by atoms with van der Waals surface area (Å²) < 4.78 is 41.9. The van der Waals surface area contributed by atoms with Gasteiger partial charge in [0, 0.05) is 17.5 Å². The number of aromatic nitrogens is 1. The highest BCUT2D eigenvalue weighted by atomic mass is 35.5. The molecule has 0 spiro atoms. The lowest BCUT2D eigenvalue weighted by Gasteiger charge is -2.16. The van der Waals surface area contributed by atoms with Gasteiger partial charge in [-0.2, -0.15) is 0 Å². The Morgan fingerprint density at radius 3 is 2.48 bits per heavy atom. The summed E-state index contributed by atoms with van der Waals surface area (Å²) in [5.41, 5.74) is 2.84. The molecule has 8 heteroatoms. The van der Waals surface area contributed by atoms with Crippen molar-refractivity contribution in [3.63, 3.8) is 0 Å². The van der Waals surface area contributed by atoms with Gasteiger partial charge in [-0.1, -0.05) is 29.3 Å². The number of pyridine rings is 1. The van der Waals surface area contributed by atoms with Crippen molar-refractivity contribution in [3.05, 3.63) is 57.7 Å². The van der Waals surface area contributed by atoms with Gasteiger partial charge in [-0.3, -0.25) is 4.98 Å². The molecule has 0 radical (unpaired) electrons. The van der Waals surface area contributed by atoms with Crippen LogP contribution in [0.4, 0.5) is 13.2 Å². The fraction of sp³-hybridized carbons (Fsp3) is 0.158. The van der Waals surface area contributed by atoms with Crippen molar-refractivity contribution in [3.8, 4) is 16.9 Å². The molecule has 3 aromatic rings. The summed E-state index contributed by atoms with van der Waals surface area (Å²) in [6.45, 7) is 1.74. The van der Waals surface area contributed by atoms with Crippen LogP contribution in [-0.2, 0) is 11.2 Å². The van der Waals surface area contributed by atoms with Gasteiger partial charge >= 0.3 is 6.36 Å². The number of benzene rings is 2. The van der Waals surface area contributed by atoms with Crippen LogP contribution in [0.15, 0.2) is 36.4 Å². The summed E-state index contributed by atoms with van der Waals surface area (Å²) in [6, 6.07) is 8.76. The Labute approximate surface area is 162 Å². The van der Waals surface area contributed by atoms with Gasteiger partial charge in [-0.05, 0) is 53.9 Å². The molecule has 1 heterocycles. The summed E-state index contributed by atoms with van der Waals surface area (Å²) in [6.07, 6.45) is -4.05. The minimum Gasteiger partial charge on any atom is -0.406 e. The Balaban J connectivity index is 2.33. The predicted octanol–water partition coefficient (Wildman–Crippen LogP) is 6.16. The summed E-state index contributed by atoms with van der Waals surface area (Å²) >= 11 is 12.1. The third-order valence-corrected chi connectivity index (χ3v) is 4.73. The molecule has 3 nitrogen and oxygen atoms in total. The van der Waals surface area contributed by atoms with Crippen molar-refractivity contribution in [1.82, 2.24) is 4.98 Å². The van der Waals surface area contributed by atoms with Crippen molar-refractivity contribution in [1.29, 1.82) is 0 Å². The molecule has 0 aliphatic rings. The standard InChI is InChI=1S/C19H12Cl2F3NO2/c1-10-13(6-7-26)18(11-2-4-15(20)16(21)8-11)14-9-12(27-19(22,23)24)3-5-17(14)25-10/h2-5,7-9H,6H2,1H3. The maximum absolute atomic E-state index is 12.6. The molecule has 0 saturated carbocycles. The number of aldehydes is 1. The number of fused-ring (bicyclic) bond motifs is 1. The molecule has 3 rings (SSSR count). The summed E-state index contributed by atoms with van der Waals surface area (Å²) in [4.78, 5) is 15.6. The van der Waals surface area contributed by atoms with Crippen molar-refractivity contribution in [2.24, 2.45) is 0 Å². The molecule has 140 valence electrons. The number of hydrogen-bond acceptors (Lipinski definition) is 3. The van der Waals surface area contributed by atoms with E-state index in [9.17, 15) is 18.0 Å². The zero-order valence-corrected chi connectivity index (χ0v) is 15.4. The van der Waals surface area contributed by atoms with Crippen molar-refractivity contribution < 1.29 is 22.7 Å². The molecule has 0 atom stereocenters. The van der Waals surface area contributed by atoms with E-state index >= 15 is 0 Å². The third-order valence-electron chi connectivity index (χ3n) is 3.99. The van der Waals surface area contributed by atoms with Gasteiger partial charge < -0.3 is 9.53 Å². The Morgan fingerprint density at radius 1 is 1.11 bits per heavy atom. The summed E-state index contributed by atoms with van der Waals surface area (Å²) in [5, 5.41) is 1.04. The van der Waals surface area contributed by atoms with Crippen molar-refractivity contribution in [2.45, 2.75) is 19.7 Å². The van der Waals surface area contributed by atoms with Gasteiger partial charge in [-0.15, -0.1) is 13.2 Å². The Kier molecular flexibility index (Phi) is 5.31. The minimum absolute atomic E-state index is 0.0503. The number of nitrogens with zero attached hydrogens (tertiary/aromatic N) is 1. The molecule has 0 saturated heterocycles. The SMILES string of the molecule is Cc1nc2ccc(OC(F)(F)F)cc2c(-c2ccc(Cl)c(Cl)c2)c1CC=O. The van der Waals surface area contributed by atoms with Gasteiger partial charge in [0.1, 0.15) is 12.0 Å². The van der Waals surface area contributed by atoms with E-state index in [1.54, 1.807) is 25.1 Å². The van der Waals surface area contributed by atoms with Crippen molar-refractivity contribution >= 4 is 40.4 Å². The van der Waals surface area contributed by atoms with Crippen LogP contribution >= 0.6 is 23.2 Å². The van der Waals surface area contributed by atoms with Crippen LogP contribution < -0.4 is 4.74 Å². The minimum atomic E-state index is -4.82. The molecule has 0 unspecified atom stereocenters. The number of carbonyl (C=O) groups is 1. The normalized spacial score (nSPS) is 11.6. The maximum Gasteiger partial charge on any atom is 0.573 e. The van der Waals surface area contributed by atoms with Crippen LogP contribution in [0, 0.1) is 6.92 Å². The van der Waals surface area contributed by atoms with Crippen LogP contribution in [0.1, 0.15) is 11.3 Å². The van der Waals surface area contributed by atoms with Crippen molar-refractivity contribution in [2.75, 3.05) is 0 Å². The Morgan fingerprint density at radius 2 is 1.85 bits per heavy atom. The van der Waals surface area contributed by atoms with Gasteiger partial charge in [0.25, 0.3) is 0 Å². The lowest BCUT2D eigenvalue weighted by molar-refractivity contribution is -0.274. The van der Waals surface area contributed by atoms with Crippen LogP contribution in [0.3, 0.4) is 0 Å². The topological polar surface area (TPSA) is 39.2 Å². The molecule has 0 bridgehead atoms. The molecule has 0 fully saturated rings. The van der Waals surface area contributed by atoms with E-state index in [1.807, 2.05) is 0 Å². The Bertz CT molecular complexity index is 1040. The number of alkyl halides is 3. The van der Waals surface area contributed by atoms with Crippen LogP contribution in [0.5, 0.6) is 5.75 Å². The molecular formula is C19H12Cl2F3NO2. The third kappa shape index (κ3) is 4.17. The van der Waals surface area contributed by atoms with E-state index in [1.165, 1.54) is 18.2 Å². The quantitative estimate of drug-likeness (QED) is 0.481. The number of rotatable bonds is 4. The molecule has 0 N–H and O–H groups in total. The fourth-order valence-corrected chi connectivity index (χ4v) is 3.21. The van der Waals surface area contributed by atoms with E-state index in [-0.39, 0.29) is 17.2 Å². The first kappa shape index (κ1) is 19.5. The average Bonchev–Trinajstić information content (AvgIpc) is 2.57. The zero-order valence-electron chi connectivity index (χ0n) is 13.9. The highest BCUT2D eigenvalue weighted by Gasteiger charge is 2.31. The maximum atomic E-state index is 12.6. The monoisotopic (exact) mass is 413 g/mol. The van der Waals surface area contributed by atoms with Gasteiger partial charge in [0.05, 0.1) is 15.6 Å². The first-order chi connectivity index (χ1) is 12.7. The largest absolute Gasteiger partial charge is 0.573 e. The molecule has 0 amide bonds. The lowest BCUT2D eigenvalue weighted by atomic mass is 9.93. The van der Waals surface area contributed by atoms with E-state index < -0.39 is 6.36 Å². The van der Waals surface area contributed by atoms with Crippen LogP contribution in [-0.4, -0.2) is 17.6 Å². The van der Waals surface area contributed by atoms with Gasteiger partial charge in [0.2, 0.25) is 0 Å². The van der Waals surface area contributed by atoms with E-state index in [4.69, 9.17) is 23.2 Å². The van der Waals surface area contributed by atoms with Gasteiger partial charge in [-0.25, -0.2) is 0 Å². The number of halogens is 5. The Hall–Kier alpha value is -2.31. The zero-order chi connectivity index (χ0) is 19.8. The molecule has 2 aromatic carbocycles. The van der Waals surface area contributed by atoms with E-state index in [0.717, 1.165) is 0 Å². The van der Waals surface area contributed by atoms with Crippen LogP contribution in [0.25, 0.3) is 22.0 Å². The van der Waals surface area contributed by atoms with E-state index in [0.29, 0.717) is 44.6 Å². The number of aryl methyl sites for hydroxylation is 1.